The highest BCUT2D eigenvalue weighted by atomic mass is 35.5. The monoisotopic (exact) mass is 554 g/mol. The number of amides is 1. The van der Waals surface area contributed by atoms with Gasteiger partial charge in [-0.3, -0.25) is 14.5 Å². The van der Waals surface area contributed by atoms with Gasteiger partial charge in [0, 0.05) is 51.0 Å². The third-order valence-electron chi connectivity index (χ3n) is 4.25. The lowest BCUT2D eigenvalue weighted by Gasteiger charge is -2.35. The van der Waals surface area contributed by atoms with E-state index in [1.54, 1.807) is 20.8 Å². The first-order valence-electron chi connectivity index (χ1n) is 9.77. The lowest BCUT2D eigenvalue weighted by Crippen LogP contribution is -2.51. The molecule has 0 saturated carbocycles. The molecule has 34 heavy (non-hydrogen) atoms. The summed E-state index contributed by atoms with van der Waals surface area (Å²) in [5.74, 6) is 0. The van der Waals surface area contributed by atoms with Crippen molar-refractivity contribution in [3.63, 3.8) is 0 Å². The molecule has 188 valence electrons. The minimum Gasteiger partial charge on any atom is -0.444 e. The second-order valence-electron chi connectivity index (χ2n) is 7.96. The zero-order chi connectivity index (χ0) is 25.7. The van der Waals surface area contributed by atoms with E-state index in [4.69, 9.17) is 32.5 Å². The zero-order valence-electron chi connectivity index (χ0n) is 18.6. The Bertz CT molecular complexity index is 1230. The maximum atomic E-state index is 12.6. The van der Waals surface area contributed by atoms with Gasteiger partial charge in [-0.15, -0.1) is 0 Å². The number of rotatable bonds is 3. The first-order chi connectivity index (χ1) is 15.6. The summed E-state index contributed by atoms with van der Waals surface area (Å²) < 4.78 is 61.2. The number of halogens is 2. The average molecular weight is 555 g/mol. The fourth-order valence-electron chi connectivity index (χ4n) is 2.68. The van der Waals surface area contributed by atoms with Gasteiger partial charge in [-0.2, -0.15) is 12.7 Å². The average Bonchev–Trinajstić information content (AvgIpc) is 2.73. The number of carbonyl (C=O) groups excluding carboxylic acids is 1. The first kappa shape index (κ1) is 28.2. The summed E-state index contributed by atoms with van der Waals surface area (Å²) in [4.78, 5) is 20.4. The third kappa shape index (κ3) is 7.75. The highest BCUT2D eigenvalue weighted by Gasteiger charge is 2.33. The highest BCUT2D eigenvalue weighted by Crippen LogP contribution is 2.24. The van der Waals surface area contributed by atoms with E-state index in [9.17, 15) is 21.6 Å². The molecule has 0 atom stereocenters. The van der Waals surface area contributed by atoms with Gasteiger partial charge in [0.15, 0.2) is 0 Å². The molecule has 0 aromatic carbocycles. The molecule has 0 spiro atoms. The van der Waals surface area contributed by atoms with Crippen molar-refractivity contribution in [3.8, 4) is 0 Å². The van der Waals surface area contributed by atoms with E-state index in [2.05, 4.69) is 9.97 Å². The van der Waals surface area contributed by atoms with E-state index in [0.717, 1.165) is 6.20 Å². The Morgan fingerprint density at radius 1 is 0.941 bits per heavy atom. The predicted octanol–water partition coefficient (Wildman–Crippen LogP) is 2.96. The molecule has 2 aromatic heterocycles. The molecule has 0 aliphatic carbocycles. The van der Waals surface area contributed by atoms with E-state index < -0.39 is 31.8 Å². The number of ether oxygens (including phenoxy) is 1. The second kappa shape index (κ2) is 11.1. The summed E-state index contributed by atoms with van der Waals surface area (Å²) in [5, 5.41) is 0.0945. The Labute approximate surface area is 208 Å². The molecule has 3 heterocycles. The maximum absolute atomic E-state index is 12.6. The van der Waals surface area contributed by atoms with Crippen LogP contribution in [0.1, 0.15) is 20.8 Å². The molecule has 3 rings (SSSR count). The van der Waals surface area contributed by atoms with Crippen molar-refractivity contribution in [2.24, 2.45) is 0 Å². The van der Waals surface area contributed by atoms with Gasteiger partial charge in [0.2, 0.25) is 10.0 Å². The number of piperazine rings is 1. The molecule has 0 unspecified atom stereocenters. The molecular formula is C19H24Cl2N4O7S2. The van der Waals surface area contributed by atoms with Gasteiger partial charge in [-0.1, -0.05) is 23.2 Å². The maximum Gasteiger partial charge on any atom is 0.410 e. The number of nitrogens with zero attached hydrogens (tertiary/aromatic N) is 4. The summed E-state index contributed by atoms with van der Waals surface area (Å²) in [6.07, 6.45) is 4.54. The number of sulfonamides is 1. The smallest absolute Gasteiger partial charge is 0.410 e. The Morgan fingerprint density at radius 3 is 1.79 bits per heavy atom. The quantitative estimate of drug-likeness (QED) is 0.565. The molecule has 1 saturated heterocycles. The fraction of sp³-hybridized carbons (Fsp3) is 0.421. The van der Waals surface area contributed by atoms with E-state index in [-0.39, 0.29) is 46.0 Å². The molecule has 1 amide bonds. The second-order valence-corrected chi connectivity index (χ2v) is 12.1. The van der Waals surface area contributed by atoms with Gasteiger partial charge in [0.1, 0.15) is 15.4 Å². The van der Waals surface area contributed by atoms with Crippen LogP contribution in [0.2, 0.25) is 10.0 Å². The zero-order valence-corrected chi connectivity index (χ0v) is 21.7. The molecule has 1 N–H and O–H groups in total. The minimum atomic E-state index is -4.23. The number of aromatic nitrogens is 2. The summed E-state index contributed by atoms with van der Waals surface area (Å²) in [5.41, 5.74) is -0.580. The van der Waals surface area contributed by atoms with E-state index >= 15 is 0 Å². The van der Waals surface area contributed by atoms with Gasteiger partial charge in [-0.25, -0.2) is 13.2 Å². The van der Waals surface area contributed by atoms with Crippen LogP contribution in [0.5, 0.6) is 0 Å². The summed E-state index contributed by atoms with van der Waals surface area (Å²) >= 11 is 11.4. The van der Waals surface area contributed by atoms with Crippen LogP contribution >= 0.6 is 23.2 Å². The van der Waals surface area contributed by atoms with Crippen LogP contribution in [0, 0.1) is 0 Å². The van der Waals surface area contributed by atoms with Crippen molar-refractivity contribution < 1.29 is 30.9 Å². The Balaban J connectivity index is 0.000000310. The highest BCUT2D eigenvalue weighted by molar-refractivity contribution is 7.89. The van der Waals surface area contributed by atoms with Crippen LogP contribution in [-0.2, 0) is 24.9 Å². The van der Waals surface area contributed by atoms with E-state index in [0.29, 0.717) is 0 Å². The van der Waals surface area contributed by atoms with Crippen molar-refractivity contribution in [2.75, 3.05) is 26.2 Å². The topological polar surface area (TPSA) is 147 Å². The van der Waals surface area contributed by atoms with Gasteiger partial charge in [0.25, 0.3) is 10.1 Å². The first-order valence-corrected chi connectivity index (χ1v) is 13.4. The van der Waals surface area contributed by atoms with Crippen LogP contribution in [0.25, 0.3) is 0 Å². The van der Waals surface area contributed by atoms with Crippen molar-refractivity contribution in [2.45, 2.75) is 36.2 Å². The fourth-order valence-corrected chi connectivity index (χ4v) is 5.42. The minimum absolute atomic E-state index is 0.0209. The Hall–Kier alpha value is -2.03. The molecule has 11 nitrogen and oxygen atoms in total. The van der Waals surface area contributed by atoms with Crippen LogP contribution in [-0.4, -0.2) is 78.4 Å². The molecule has 15 heteroatoms. The van der Waals surface area contributed by atoms with Crippen LogP contribution in [0.15, 0.2) is 46.7 Å². The third-order valence-corrected chi connectivity index (χ3v) is 7.94. The molecule has 0 radical (unpaired) electrons. The van der Waals surface area contributed by atoms with E-state index in [1.807, 2.05) is 0 Å². The Morgan fingerprint density at radius 2 is 1.41 bits per heavy atom. The van der Waals surface area contributed by atoms with Crippen LogP contribution in [0.4, 0.5) is 4.79 Å². The van der Waals surface area contributed by atoms with Crippen LogP contribution < -0.4 is 0 Å². The summed E-state index contributed by atoms with van der Waals surface area (Å²) in [6.45, 7) is 6.28. The van der Waals surface area contributed by atoms with Crippen molar-refractivity contribution in [1.29, 1.82) is 0 Å². The van der Waals surface area contributed by atoms with E-state index in [1.165, 1.54) is 39.9 Å². The van der Waals surface area contributed by atoms with Gasteiger partial charge in [-0.05, 0) is 32.9 Å². The molecule has 1 aliphatic heterocycles. The predicted molar refractivity (Wildman–Crippen MR) is 125 cm³/mol. The molecule has 0 bridgehead atoms. The molecule has 2 aromatic rings. The van der Waals surface area contributed by atoms with Crippen molar-refractivity contribution >= 4 is 49.4 Å². The number of hydrogen-bond acceptors (Lipinski definition) is 8. The molecular weight excluding hydrogens is 531 g/mol. The molecule has 1 fully saturated rings. The van der Waals surface area contributed by atoms with Crippen LogP contribution in [0.3, 0.4) is 0 Å². The Kier molecular flexibility index (Phi) is 9.24. The lowest BCUT2D eigenvalue weighted by atomic mass is 10.2. The SMILES string of the molecule is CC(C)(C)OC(=O)N1CCN(S(=O)(=O)c2cnccc2Cl)CC1.O=S(=O)(O)c1cnccc1Cl. The number of pyridine rings is 2. The van der Waals surface area contributed by atoms with Gasteiger partial charge >= 0.3 is 6.09 Å². The standard InChI is InChI=1S/C14H20ClN3O4S.C5H4ClNO3S/c1-14(2,3)22-13(19)17-6-8-18(9-7-17)23(20,21)12-10-16-5-4-11(12)15;6-4-1-2-7-3-5(4)11(8,9)10/h4-5,10H,6-9H2,1-3H3;1-3H,(H,8,9,10). The van der Waals surface area contributed by atoms with Crippen molar-refractivity contribution in [3.05, 3.63) is 47.0 Å². The largest absolute Gasteiger partial charge is 0.444 e. The number of hydrogen-bond donors (Lipinski definition) is 1. The van der Waals surface area contributed by atoms with Gasteiger partial charge in [0.05, 0.1) is 10.0 Å². The number of carbonyl (C=O) groups is 1. The lowest BCUT2D eigenvalue weighted by molar-refractivity contribution is 0.0192. The van der Waals surface area contributed by atoms with Gasteiger partial charge < -0.3 is 9.64 Å². The molecule has 1 aliphatic rings. The van der Waals surface area contributed by atoms with Crippen molar-refractivity contribution in [1.82, 2.24) is 19.2 Å². The summed E-state index contributed by atoms with van der Waals surface area (Å²) in [6, 6.07) is 2.72. The normalized spacial score (nSPS) is 15.3. The summed E-state index contributed by atoms with van der Waals surface area (Å²) in [7, 11) is -7.94.